The van der Waals surface area contributed by atoms with Crippen LogP contribution in [-0.4, -0.2) is 21.3 Å². The summed E-state index contributed by atoms with van der Waals surface area (Å²) in [5.41, 5.74) is 1.82. The number of ether oxygens (including phenoxy) is 1. The van der Waals surface area contributed by atoms with Crippen molar-refractivity contribution in [2.24, 2.45) is 0 Å². The van der Waals surface area contributed by atoms with Crippen LogP contribution in [0.25, 0.3) is 11.5 Å². The summed E-state index contributed by atoms with van der Waals surface area (Å²) < 4.78 is 10.6. The number of benzene rings is 2. The fourth-order valence-corrected chi connectivity index (χ4v) is 2.10. The summed E-state index contributed by atoms with van der Waals surface area (Å²) >= 11 is 5.83. The molecule has 0 saturated heterocycles. The summed E-state index contributed by atoms with van der Waals surface area (Å²) in [5, 5.41) is 17.3. The molecule has 24 heavy (non-hydrogen) atoms. The molecule has 6 nitrogen and oxygen atoms in total. The molecule has 0 spiro atoms. The fraction of sp³-hybridized carbons (Fsp3) is 0.118. The van der Waals surface area contributed by atoms with Crippen LogP contribution < -0.4 is 0 Å². The molecule has 0 bridgehead atoms. The van der Waals surface area contributed by atoms with Gasteiger partial charge in [0.2, 0.25) is 5.89 Å². The molecule has 0 aliphatic rings. The predicted octanol–water partition coefficient (Wildman–Crippen LogP) is 3.24. The summed E-state index contributed by atoms with van der Waals surface area (Å²) in [6, 6.07) is 13.4. The minimum atomic E-state index is -0.509. The first-order chi connectivity index (χ1) is 11.7. The number of hydrogen-bond donors (Lipinski definition) is 1. The maximum absolute atomic E-state index is 11.9. The van der Waals surface area contributed by atoms with Crippen molar-refractivity contribution >= 4 is 17.6 Å². The van der Waals surface area contributed by atoms with Gasteiger partial charge in [0.25, 0.3) is 5.89 Å². The number of carbonyl (C=O) groups is 1. The average Bonchev–Trinajstić information content (AvgIpc) is 3.09. The summed E-state index contributed by atoms with van der Waals surface area (Å²) in [6.07, 6.45) is 0. The van der Waals surface area contributed by atoms with Gasteiger partial charge in [-0.05, 0) is 42.0 Å². The summed E-state index contributed by atoms with van der Waals surface area (Å²) in [6.45, 7) is -0.202. The van der Waals surface area contributed by atoms with Gasteiger partial charge in [-0.1, -0.05) is 23.7 Å². The molecule has 122 valence electrons. The van der Waals surface area contributed by atoms with Gasteiger partial charge >= 0.3 is 5.97 Å². The normalized spacial score (nSPS) is 10.6. The number of aliphatic hydroxyl groups excluding tert-OH is 1. The van der Waals surface area contributed by atoms with Crippen LogP contribution in [0.2, 0.25) is 5.02 Å². The summed E-state index contributed by atoms with van der Waals surface area (Å²) in [7, 11) is 0. The maximum atomic E-state index is 11.9. The molecule has 2 aromatic carbocycles. The van der Waals surface area contributed by atoms with Gasteiger partial charge in [-0.25, -0.2) is 4.79 Å². The Labute approximate surface area is 142 Å². The third-order valence-corrected chi connectivity index (χ3v) is 3.51. The third-order valence-electron chi connectivity index (χ3n) is 3.26. The SMILES string of the molecule is O=C(OCc1nnc(-c2ccc(Cl)cc2)o1)c1ccc(CO)cc1. The molecule has 0 aliphatic carbocycles. The maximum Gasteiger partial charge on any atom is 0.338 e. The number of hydrogen-bond acceptors (Lipinski definition) is 6. The Morgan fingerprint density at radius 1 is 1.08 bits per heavy atom. The topological polar surface area (TPSA) is 85.5 Å². The standard InChI is InChI=1S/C17H13ClN2O4/c18-14-7-5-12(6-8-14)16-20-19-15(24-16)10-23-17(22)13-3-1-11(9-21)2-4-13/h1-8,21H,9-10H2. The number of aromatic nitrogens is 2. The van der Waals surface area contributed by atoms with Crippen molar-refractivity contribution in [3.63, 3.8) is 0 Å². The van der Waals surface area contributed by atoms with E-state index in [1.807, 2.05) is 0 Å². The number of carbonyl (C=O) groups excluding carboxylic acids is 1. The zero-order valence-corrected chi connectivity index (χ0v) is 13.2. The molecule has 3 aromatic rings. The van der Waals surface area contributed by atoms with Crippen molar-refractivity contribution in [3.8, 4) is 11.5 Å². The van der Waals surface area contributed by atoms with Crippen LogP contribution in [0.5, 0.6) is 0 Å². The third kappa shape index (κ3) is 3.79. The molecule has 0 aliphatic heterocycles. The summed E-state index contributed by atoms with van der Waals surface area (Å²) in [5.74, 6) is 0.0102. The minimum absolute atomic E-state index is 0.0786. The number of rotatable bonds is 5. The Bertz CT molecular complexity index is 829. The van der Waals surface area contributed by atoms with E-state index in [1.54, 1.807) is 48.5 Å². The van der Waals surface area contributed by atoms with Gasteiger partial charge < -0.3 is 14.3 Å². The average molecular weight is 345 g/mol. The highest BCUT2D eigenvalue weighted by Crippen LogP contribution is 2.20. The monoisotopic (exact) mass is 344 g/mol. The lowest BCUT2D eigenvalue weighted by Crippen LogP contribution is -2.05. The molecular weight excluding hydrogens is 332 g/mol. The molecule has 1 N–H and O–H groups in total. The van der Waals surface area contributed by atoms with Gasteiger partial charge in [-0.15, -0.1) is 10.2 Å². The van der Waals surface area contributed by atoms with Gasteiger partial charge in [-0.2, -0.15) is 0 Å². The molecule has 1 heterocycles. The first-order valence-corrected chi connectivity index (χ1v) is 7.49. The number of esters is 1. The second-order valence-corrected chi connectivity index (χ2v) is 5.38. The second kappa shape index (κ2) is 7.25. The lowest BCUT2D eigenvalue weighted by Gasteiger charge is -2.02. The molecule has 0 fully saturated rings. The predicted molar refractivity (Wildman–Crippen MR) is 86.2 cm³/mol. The highest BCUT2D eigenvalue weighted by Gasteiger charge is 2.12. The van der Waals surface area contributed by atoms with Crippen molar-refractivity contribution in [3.05, 3.63) is 70.6 Å². The van der Waals surface area contributed by atoms with Crippen LogP contribution in [0.3, 0.4) is 0 Å². The van der Waals surface area contributed by atoms with Crippen LogP contribution in [0.4, 0.5) is 0 Å². The number of nitrogens with zero attached hydrogens (tertiary/aromatic N) is 2. The Morgan fingerprint density at radius 3 is 2.46 bits per heavy atom. The Balaban J connectivity index is 1.62. The van der Waals surface area contributed by atoms with E-state index >= 15 is 0 Å². The van der Waals surface area contributed by atoms with Crippen LogP contribution in [0.15, 0.2) is 52.9 Å². The van der Waals surface area contributed by atoms with Crippen molar-refractivity contribution in [1.82, 2.24) is 10.2 Å². The highest BCUT2D eigenvalue weighted by molar-refractivity contribution is 6.30. The molecule has 3 rings (SSSR count). The van der Waals surface area contributed by atoms with Crippen LogP contribution in [-0.2, 0) is 18.0 Å². The van der Waals surface area contributed by atoms with Crippen LogP contribution in [0, 0.1) is 0 Å². The van der Waals surface area contributed by atoms with Gasteiger partial charge in [0.05, 0.1) is 12.2 Å². The first kappa shape index (κ1) is 16.2. The molecule has 0 amide bonds. The molecule has 0 unspecified atom stereocenters. The van der Waals surface area contributed by atoms with Gasteiger partial charge in [0.15, 0.2) is 6.61 Å². The quantitative estimate of drug-likeness (QED) is 0.715. The number of halogens is 1. The Hall–Kier alpha value is -2.70. The van der Waals surface area contributed by atoms with E-state index in [0.717, 1.165) is 11.1 Å². The van der Waals surface area contributed by atoms with Crippen LogP contribution in [0.1, 0.15) is 21.8 Å². The molecule has 0 atom stereocenters. The van der Waals surface area contributed by atoms with E-state index in [2.05, 4.69) is 10.2 Å². The smallest absolute Gasteiger partial charge is 0.338 e. The Kier molecular flexibility index (Phi) is 4.88. The molecule has 0 saturated carbocycles. The van der Waals surface area contributed by atoms with Crippen LogP contribution >= 0.6 is 11.6 Å². The van der Waals surface area contributed by atoms with Crippen molar-refractivity contribution in [2.75, 3.05) is 0 Å². The minimum Gasteiger partial charge on any atom is -0.452 e. The van der Waals surface area contributed by atoms with E-state index in [4.69, 9.17) is 25.9 Å². The van der Waals surface area contributed by atoms with Crippen molar-refractivity contribution in [2.45, 2.75) is 13.2 Å². The van der Waals surface area contributed by atoms with E-state index < -0.39 is 5.97 Å². The zero-order valence-electron chi connectivity index (χ0n) is 12.5. The lowest BCUT2D eigenvalue weighted by atomic mass is 10.1. The fourth-order valence-electron chi connectivity index (χ4n) is 1.98. The van der Waals surface area contributed by atoms with Gasteiger partial charge in [-0.3, -0.25) is 0 Å². The zero-order chi connectivity index (χ0) is 16.9. The van der Waals surface area contributed by atoms with E-state index in [0.29, 0.717) is 16.5 Å². The summed E-state index contributed by atoms with van der Waals surface area (Å²) in [4.78, 5) is 11.9. The Morgan fingerprint density at radius 2 is 1.79 bits per heavy atom. The molecular formula is C17H13ClN2O4. The van der Waals surface area contributed by atoms with Crippen molar-refractivity contribution in [1.29, 1.82) is 0 Å². The second-order valence-electron chi connectivity index (χ2n) is 4.94. The molecule has 0 radical (unpaired) electrons. The van der Waals surface area contributed by atoms with E-state index in [-0.39, 0.29) is 19.1 Å². The lowest BCUT2D eigenvalue weighted by molar-refractivity contribution is 0.0438. The largest absolute Gasteiger partial charge is 0.452 e. The van der Waals surface area contributed by atoms with Gasteiger partial charge in [0, 0.05) is 10.6 Å². The van der Waals surface area contributed by atoms with E-state index in [1.165, 1.54) is 0 Å². The van der Waals surface area contributed by atoms with E-state index in [9.17, 15) is 4.79 Å². The molecule has 1 aromatic heterocycles. The first-order valence-electron chi connectivity index (χ1n) is 7.11. The van der Waals surface area contributed by atoms with Crippen molar-refractivity contribution < 1.29 is 19.1 Å². The molecule has 7 heteroatoms. The highest BCUT2D eigenvalue weighted by atomic mass is 35.5. The van der Waals surface area contributed by atoms with Gasteiger partial charge in [0.1, 0.15) is 0 Å². The number of aliphatic hydroxyl groups is 1.